The number of nitrogens with one attached hydrogen (secondary N) is 1. The van der Waals surface area contributed by atoms with Gasteiger partial charge in [0, 0.05) is 19.1 Å². The molecule has 2 fully saturated rings. The average Bonchev–Trinajstić information content (AvgIpc) is 3.10. The summed E-state index contributed by atoms with van der Waals surface area (Å²) in [4.78, 5) is 14.3. The second kappa shape index (κ2) is 4.84. The normalized spacial score (nSPS) is 25.7. The molecule has 6 heteroatoms. The Kier molecular flexibility index (Phi) is 3.20. The molecule has 1 saturated carbocycles. The highest BCUT2D eigenvalue weighted by atomic mass is 32.1. The standard InChI is InChI=1S/C12H18N4OS/c1-2-5-13-12-15-14-10(18-12)11(17)16-7-8-3-4-9(16)6-8/h8-9H,2-7H2,1H3,(H,13,15). The highest BCUT2D eigenvalue weighted by Gasteiger charge is 2.41. The second-order valence-electron chi connectivity index (χ2n) is 5.13. The van der Waals surface area contributed by atoms with Gasteiger partial charge in [0.25, 0.3) is 5.91 Å². The molecule has 1 saturated heterocycles. The fourth-order valence-corrected chi connectivity index (χ4v) is 3.63. The Labute approximate surface area is 111 Å². The first-order chi connectivity index (χ1) is 8.78. The molecule has 1 amide bonds. The minimum absolute atomic E-state index is 0.0734. The van der Waals surface area contributed by atoms with Gasteiger partial charge in [-0.15, -0.1) is 10.2 Å². The zero-order chi connectivity index (χ0) is 12.5. The lowest BCUT2D eigenvalue weighted by Gasteiger charge is -2.25. The van der Waals surface area contributed by atoms with Crippen molar-refractivity contribution in [1.29, 1.82) is 0 Å². The van der Waals surface area contributed by atoms with Crippen LogP contribution in [0, 0.1) is 5.92 Å². The predicted octanol–water partition coefficient (Wildman–Crippen LogP) is 1.98. The molecule has 0 spiro atoms. The van der Waals surface area contributed by atoms with E-state index in [1.165, 1.54) is 24.2 Å². The maximum absolute atomic E-state index is 12.3. The van der Waals surface area contributed by atoms with Crippen LogP contribution in [0.25, 0.3) is 0 Å². The number of likely N-dealkylation sites (tertiary alicyclic amines) is 1. The van der Waals surface area contributed by atoms with Gasteiger partial charge >= 0.3 is 0 Å². The van der Waals surface area contributed by atoms with Crippen LogP contribution >= 0.6 is 11.3 Å². The van der Waals surface area contributed by atoms with Crippen molar-refractivity contribution in [3.05, 3.63) is 5.01 Å². The van der Waals surface area contributed by atoms with E-state index in [2.05, 4.69) is 22.4 Å². The number of piperidine rings is 1. The van der Waals surface area contributed by atoms with Crippen LogP contribution in [0.5, 0.6) is 0 Å². The highest BCUT2D eigenvalue weighted by molar-refractivity contribution is 7.17. The van der Waals surface area contributed by atoms with Gasteiger partial charge in [-0.05, 0) is 31.6 Å². The molecule has 2 bridgehead atoms. The molecule has 1 aliphatic carbocycles. The van der Waals surface area contributed by atoms with Gasteiger partial charge in [0.05, 0.1) is 0 Å². The van der Waals surface area contributed by atoms with Gasteiger partial charge in [-0.1, -0.05) is 18.3 Å². The topological polar surface area (TPSA) is 58.1 Å². The van der Waals surface area contributed by atoms with E-state index in [0.717, 1.165) is 37.0 Å². The molecule has 3 rings (SSSR count). The molecule has 5 nitrogen and oxygen atoms in total. The van der Waals surface area contributed by atoms with Crippen LogP contribution in [0.3, 0.4) is 0 Å². The van der Waals surface area contributed by atoms with E-state index in [4.69, 9.17) is 0 Å². The number of rotatable bonds is 4. The molecule has 2 atom stereocenters. The third-order valence-corrected chi connectivity index (χ3v) is 4.67. The Hall–Kier alpha value is -1.17. The quantitative estimate of drug-likeness (QED) is 0.905. The third kappa shape index (κ3) is 2.09. The Morgan fingerprint density at radius 1 is 1.50 bits per heavy atom. The number of nitrogens with zero attached hydrogens (tertiary/aromatic N) is 3. The maximum atomic E-state index is 12.3. The van der Waals surface area contributed by atoms with Crippen molar-refractivity contribution in [2.45, 2.75) is 38.6 Å². The van der Waals surface area contributed by atoms with Gasteiger partial charge < -0.3 is 10.2 Å². The smallest absolute Gasteiger partial charge is 0.285 e. The van der Waals surface area contributed by atoms with Crippen LogP contribution in [0.4, 0.5) is 5.13 Å². The van der Waals surface area contributed by atoms with Crippen molar-refractivity contribution in [1.82, 2.24) is 15.1 Å². The number of anilines is 1. The Bertz CT molecular complexity index is 447. The largest absolute Gasteiger partial charge is 0.360 e. The molecule has 1 N–H and O–H groups in total. The minimum Gasteiger partial charge on any atom is -0.360 e. The minimum atomic E-state index is 0.0734. The molecule has 2 unspecified atom stereocenters. The monoisotopic (exact) mass is 266 g/mol. The van der Waals surface area contributed by atoms with Gasteiger partial charge in [0.15, 0.2) is 0 Å². The average molecular weight is 266 g/mol. The van der Waals surface area contributed by atoms with Crippen LogP contribution < -0.4 is 5.32 Å². The predicted molar refractivity (Wildman–Crippen MR) is 70.9 cm³/mol. The first-order valence-electron chi connectivity index (χ1n) is 6.66. The van der Waals surface area contributed by atoms with Crippen LogP contribution in [-0.2, 0) is 0 Å². The molecule has 2 aliphatic rings. The van der Waals surface area contributed by atoms with Gasteiger partial charge in [-0.25, -0.2) is 0 Å². The molecule has 2 heterocycles. The molecule has 1 aromatic rings. The number of amides is 1. The van der Waals surface area contributed by atoms with Gasteiger partial charge in [0.1, 0.15) is 0 Å². The van der Waals surface area contributed by atoms with Crippen LogP contribution in [0.15, 0.2) is 0 Å². The fourth-order valence-electron chi connectivity index (χ4n) is 2.91. The summed E-state index contributed by atoms with van der Waals surface area (Å²) in [5.41, 5.74) is 0. The van der Waals surface area contributed by atoms with E-state index in [1.54, 1.807) is 0 Å². The number of fused-ring (bicyclic) bond motifs is 2. The van der Waals surface area contributed by atoms with E-state index in [9.17, 15) is 4.79 Å². The highest BCUT2D eigenvalue weighted by Crippen LogP contribution is 2.38. The van der Waals surface area contributed by atoms with E-state index in [0.29, 0.717) is 11.0 Å². The fraction of sp³-hybridized carbons (Fsp3) is 0.750. The summed E-state index contributed by atoms with van der Waals surface area (Å²) in [7, 11) is 0. The summed E-state index contributed by atoms with van der Waals surface area (Å²) in [6, 6.07) is 0.457. The first-order valence-corrected chi connectivity index (χ1v) is 7.48. The summed E-state index contributed by atoms with van der Waals surface area (Å²) in [6.45, 7) is 3.89. The number of hydrogen-bond donors (Lipinski definition) is 1. The number of aromatic nitrogens is 2. The molecule has 0 radical (unpaired) electrons. The van der Waals surface area contributed by atoms with Gasteiger partial charge in [0.2, 0.25) is 10.1 Å². The van der Waals surface area contributed by atoms with Crippen molar-refractivity contribution < 1.29 is 4.79 Å². The van der Waals surface area contributed by atoms with E-state index >= 15 is 0 Å². The molecule has 1 aliphatic heterocycles. The van der Waals surface area contributed by atoms with Gasteiger partial charge in [-0.3, -0.25) is 4.79 Å². The van der Waals surface area contributed by atoms with Gasteiger partial charge in [-0.2, -0.15) is 0 Å². The van der Waals surface area contributed by atoms with Crippen molar-refractivity contribution >= 4 is 22.4 Å². The van der Waals surface area contributed by atoms with E-state index in [-0.39, 0.29) is 5.91 Å². The zero-order valence-corrected chi connectivity index (χ0v) is 11.4. The summed E-state index contributed by atoms with van der Waals surface area (Å²) in [5, 5.41) is 12.5. The van der Waals surface area contributed by atoms with Crippen LogP contribution in [0.2, 0.25) is 0 Å². The molecular formula is C12H18N4OS. The lowest BCUT2D eigenvalue weighted by atomic mass is 10.1. The first kappa shape index (κ1) is 11.9. The van der Waals surface area contributed by atoms with E-state index < -0.39 is 0 Å². The SMILES string of the molecule is CCCNc1nnc(C(=O)N2CC3CCC2C3)s1. The summed E-state index contributed by atoms with van der Waals surface area (Å²) >= 11 is 1.37. The third-order valence-electron chi connectivity index (χ3n) is 3.80. The maximum Gasteiger partial charge on any atom is 0.285 e. The van der Waals surface area contributed by atoms with Crippen LogP contribution in [-0.4, -0.2) is 40.1 Å². The molecule has 18 heavy (non-hydrogen) atoms. The lowest BCUT2D eigenvalue weighted by Crippen LogP contribution is -2.37. The summed E-state index contributed by atoms with van der Waals surface area (Å²) in [6.07, 6.45) is 4.67. The molecular weight excluding hydrogens is 248 g/mol. The van der Waals surface area contributed by atoms with Crippen LogP contribution in [0.1, 0.15) is 42.4 Å². The Morgan fingerprint density at radius 2 is 2.39 bits per heavy atom. The Morgan fingerprint density at radius 3 is 3.06 bits per heavy atom. The number of carbonyl (C=O) groups is 1. The van der Waals surface area contributed by atoms with Crippen molar-refractivity contribution in [2.24, 2.45) is 5.92 Å². The van der Waals surface area contributed by atoms with Crippen molar-refractivity contribution in [3.8, 4) is 0 Å². The van der Waals surface area contributed by atoms with Crippen molar-refractivity contribution in [2.75, 3.05) is 18.4 Å². The van der Waals surface area contributed by atoms with Crippen molar-refractivity contribution in [3.63, 3.8) is 0 Å². The molecule has 98 valence electrons. The van der Waals surface area contributed by atoms with E-state index in [1.807, 2.05) is 4.90 Å². The molecule has 1 aromatic heterocycles. The number of hydrogen-bond acceptors (Lipinski definition) is 5. The Balaban J connectivity index is 1.67. The summed E-state index contributed by atoms with van der Waals surface area (Å²) < 4.78 is 0. The number of carbonyl (C=O) groups excluding carboxylic acids is 1. The zero-order valence-electron chi connectivity index (χ0n) is 10.6. The second-order valence-corrected chi connectivity index (χ2v) is 6.11. The lowest BCUT2D eigenvalue weighted by molar-refractivity contribution is 0.0702. The summed E-state index contributed by atoms with van der Waals surface area (Å²) in [5.74, 6) is 0.800. The molecule has 0 aromatic carbocycles.